The molecule has 2 aliphatic rings. The van der Waals surface area contributed by atoms with E-state index in [0.29, 0.717) is 11.7 Å². The molecule has 1 aromatic heterocycles. The molecule has 0 N–H and O–H groups in total. The minimum atomic E-state index is -0.394. The Hall–Kier alpha value is -1.58. The highest BCUT2D eigenvalue weighted by Crippen LogP contribution is 2.58. The summed E-state index contributed by atoms with van der Waals surface area (Å²) in [5.41, 5.74) is 0.392. The fraction of sp³-hybridized carbons (Fsp3) is 0.667. The number of rotatable bonds is 2. The van der Waals surface area contributed by atoms with E-state index in [1.165, 1.54) is 6.26 Å². The fourth-order valence-electron chi connectivity index (χ4n) is 4.11. The van der Waals surface area contributed by atoms with Gasteiger partial charge in [0.15, 0.2) is 5.76 Å². The van der Waals surface area contributed by atoms with Crippen LogP contribution in [-0.4, -0.2) is 11.8 Å². The molecular formula is C18H24O4. The van der Waals surface area contributed by atoms with E-state index in [4.69, 9.17) is 9.15 Å². The van der Waals surface area contributed by atoms with Crippen molar-refractivity contribution >= 4 is 11.8 Å². The zero-order chi connectivity index (χ0) is 16.1. The smallest absolute Gasteiger partial charge is 0.309 e. The van der Waals surface area contributed by atoms with E-state index in [-0.39, 0.29) is 29.0 Å². The average Bonchev–Trinajstić information content (AvgIpc) is 2.95. The molecule has 1 saturated carbocycles. The Morgan fingerprint density at radius 2 is 2.14 bits per heavy atom. The SMILES string of the molecule is CC(C)C(=O)O[C@@H]1c2ccoc2C(=O)[C@@H]2CCC[C@H](C)[C@@]12C. The van der Waals surface area contributed by atoms with E-state index in [1.54, 1.807) is 6.07 Å². The number of furan rings is 1. The molecule has 0 unspecified atom stereocenters. The number of ether oxygens (including phenoxy) is 1. The van der Waals surface area contributed by atoms with Crippen LogP contribution in [-0.2, 0) is 9.53 Å². The maximum absolute atomic E-state index is 12.8. The van der Waals surface area contributed by atoms with E-state index >= 15 is 0 Å². The third-order valence-electron chi connectivity index (χ3n) is 5.73. The van der Waals surface area contributed by atoms with Crippen molar-refractivity contribution in [2.75, 3.05) is 0 Å². The van der Waals surface area contributed by atoms with Gasteiger partial charge >= 0.3 is 5.97 Å². The van der Waals surface area contributed by atoms with Crippen LogP contribution in [0, 0.1) is 23.2 Å². The third kappa shape index (κ3) is 2.03. The van der Waals surface area contributed by atoms with Gasteiger partial charge in [-0.05, 0) is 24.8 Å². The summed E-state index contributed by atoms with van der Waals surface area (Å²) < 4.78 is 11.3. The molecule has 0 spiro atoms. The van der Waals surface area contributed by atoms with Crippen LogP contribution in [0.1, 0.15) is 69.2 Å². The van der Waals surface area contributed by atoms with Crippen molar-refractivity contribution in [3.63, 3.8) is 0 Å². The fourth-order valence-corrected chi connectivity index (χ4v) is 4.11. The monoisotopic (exact) mass is 304 g/mol. The van der Waals surface area contributed by atoms with Gasteiger partial charge in [0.1, 0.15) is 6.10 Å². The molecule has 3 rings (SSSR count). The number of carbonyl (C=O) groups is 2. The van der Waals surface area contributed by atoms with Crippen molar-refractivity contribution in [2.45, 2.75) is 53.1 Å². The van der Waals surface area contributed by atoms with Crippen LogP contribution >= 0.6 is 0 Å². The van der Waals surface area contributed by atoms with Gasteiger partial charge in [-0.25, -0.2) is 0 Å². The molecule has 0 radical (unpaired) electrons. The van der Waals surface area contributed by atoms with Crippen molar-refractivity contribution in [3.05, 3.63) is 23.7 Å². The number of esters is 1. The third-order valence-corrected chi connectivity index (χ3v) is 5.73. The first-order valence-corrected chi connectivity index (χ1v) is 8.19. The van der Waals surface area contributed by atoms with Crippen LogP contribution in [0.4, 0.5) is 0 Å². The summed E-state index contributed by atoms with van der Waals surface area (Å²) in [6.45, 7) is 7.93. The van der Waals surface area contributed by atoms with Crippen LogP contribution in [0.2, 0.25) is 0 Å². The maximum Gasteiger partial charge on any atom is 0.309 e. The molecule has 0 aliphatic heterocycles. The standard InChI is InChI=1S/C18H24O4/c1-10(2)17(20)22-16-12-8-9-21-15(12)14(19)13-7-5-6-11(3)18(13,16)4/h8-11,13,16H,5-7H2,1-4H3/t11-,13-,16+,18+/m0/s1. The molecule has 0 amide bonds. The first-order chi connectivity index (χ1) is 10.4. The number of Topliss-reactive ketones (excluding diaryl/α,β-unsaturated/α-hetero) is 1. The highest BCUT2D eigenvalue weighted by molar-refractivity contribution is 5.99. The largest absolute Gasteiger partial charge is 0.461 e. The predicted molar refractivity (Wildman–Crippen MR) is 81.3 cm³/mol. The first-order valence-electron chi connectivity index (χ1n) is 8.19. The lowest BCUT2D eigenvalue weighted by Crippen LogP contribution is -2.50. The van der Waals surface area contributed by atoms with Gasteiger partial charge in [-0.1, -0.05) is 34.1 Å². The molecule has 0 bridgehead atoms. The molecule has 1 heterocycles. The van der Waals surface area contributed by atoms with Gasteiger partial charge < -0.3 is 9.15 Å². The molecule has 0 saturated heterocycles. The van der Waals surface area contributed by atoms with E-state index in [0.717, 1.165) is 24.8 Å². The Morgan fingerprint density at radius 3 is 2.82 bits per heavy atom. The van der Waals surface area contributed by atoms with Crippen LogP contribution in [0.25, 0.3) is 0 Å². The minimum absolute atomic E-state index is 0.0749. The molecule has 2 aliphatic carbocycles. The topological polar surface area (TPSA) is 56.5 Å². The van der Waals surface area contributed by atoms with Crippen molar-refractivity contribution in [1.82, 2.24) is 0 Å². The second kappa shape index (κ2) is 5.25. The Labute approximate surface area is 131 Å². The lowest BCUT2D eigenvalue weighted by Gasteiger charge is -2.51. The normalized spacial score (nSPS) is 34.2. The zero-order valence-electron chi connectivity index (χ0n) is 13.7. The summed E-state index contributed by atoms with van der Waals surface area (Å²) >= 11 is 0. The van der Waals surface area contributed by atoms with Crippen molar-refractivity contribution in [3.8, 4) is 0 Å². The number of hydrogen-bond acceptors (Lipinski definition) is 4. The quantitative estimate of drug-likeness (QED) is 0.770. The summed E-state index contributed by atoms with van der Waals surface area (Å²) in [5.74, 6) is 0.255. The van der Waals surface area contributed by atoms with Crippen LogP contribution in [0.5, 0.6) is 0 Å². The molecule has 4 atom stereocenters. The minimum Gasteiger partial charge on any atom is -0.461 e. The van der Waals surface area contributed by atoms with Crippen LogP contribution < -0.4 is 0 Å². The number of carbonyl (C=O) groups excluding carboxylic acids is 2. The van der Waals surface area contributed by atoms with Crippen molar-refractivity contribution in [1.29, 1.82) is 0 Å². The summed E-state index contributed by atoms with van der Waals surface area (Å²) in [5, 5.41) is 0. The zero-order valence-corrected chi connectivity index (χ0v) is 13.7. The van der Waals surface area contributed by atoms with E-state index in [9.17, 15) is 9.59 Å². The second-order valence-electron chi connectivity index (χ2n) is 7.29. The first kappa shape index (κ1) is 15.3. The number of ketones is 1. The Kier molecular flexibility index (Phi) is 3.66. The molecule has 1 fully saturated rings. The lowest BCUT2D eigenvalue weighted by molar-refractivity contribution is -0.169. The molecule has 4 nitrogen and oxygen atoms in total. The van der Waals surface area contributed by atoms with Gasteiger partial charge in [-0.15, -0.1) is 0 Å². The van der Waals surface area contributed by atoms with E-state index in [1.807, 2.05) is 13.8 Å². The Balaban J connectivity index is 2.09. The molecular weight excluding hydrogens is 280 g/mol. The van der Waals surface area contributed by atoms with Gasteiger partial charge in [0, 0.05) is 16.9 Å². The molecule has 1 aromatic rings. The van der Waals surface area contributed by atoms with Crippen LogP contribution in [0.15, 0.2) is 16.7 Å². The van der Waals surface area contributed by atoms with Crippen molar-refractivity contribution < 1.29 is 18.7 Å². The summed E-state index contributed by atoms with van der Waals surface area (Å²) in [4.78, 5) is 25.0. The van der Waals surface area contributed by atoms with Gasteiger partial charge in [-0.3, -0.25) is 9.59 Å². The van der Waals surface area contributed by atoms with Gasteiger partial charge in [0.2, 0.25) is 5.78 Å². The lowest BCUT2D eigenvalue weighted by atomic mass is 9.54. The Bertz CT molecular complexity index is 600. The predicted octanol–water partition coefficient (Wildman–Crippen LogP) is 4.16. The maximum atomic E-state index is 12.8. The van der Waals surface area contributed by atoms with Crippen molar-refractivity contribution in [2.24, 2.45) is 23.2 Å². The average molecular weight is 304 g/mol. The Morgan fingerprint density at radius 1 is 1.41 bits per heavy atom. The van der Waals surface area contributed by atoms with E-state index < -0.39 is 6.10 Å². The summed E-state index contributed by atoms with van der Waals surface area (Å²) in [6.07, 6.45) is 4.07. The highest BCUT2D eigenvalue weighted by atomic mass is 16.5. The summed E-state index contributed by atoms with van der Waals surface area (Å²) in [7, 11) is 0. The number of fused-ring (bicyclic) bond motifs is 2. The van der Waals surface area contributed by atoms with Gasteiger partial charge in [0.05, 0.1) is 12.2 Å². The molecule has 4 heteroatoms. The van der Waals surface area contributed by atoms with Crippen LogP contribution in [0.3, 0.4) is 0 Å². The van der Waals surface area contributed by atoms with Gasteiger partial charge in [-0.2, -0.15) is 0 Å². The van der Waals surface area contributed by atoms with E-state index in [2.05, 4.69) is 13.8 Å². The summed E-state index contributed by atoms with van der Waals surface area (Å²) in [6, 6.07) is 1.79. The number of hydrogen-bond donors (Lipinski definition) is 0. The highest BCUT2D eigenvalue weighted by Gasteiger charge is 2.57. The molecule has 0 aromatic carbocycles. The van der Waals surface area contributed by atoms with Gasteiger partial charge in [0.25, 0.3) is 0 Å². The second-order valence-corrected chi connectivity index (χ2v) is 7.29. The molecule has 22 heavy (non-hydrogen) atoms. The molecule has 120 valence electrons.